The molecule has 0 aromatic carbocycles. The molecule has 30 atom stereocenters. The fourth-order valence-electron chi connectivity index (χ4n) is 16.3. The van der Waals surface area contributed by atoms with Gasteiger partial charge in [0.05, 0.1) is 44.2 Å². The summed E-state index contributed by atoms with van der Waals surface area (Å²) in [6.07, 6.45) is -25.2. The molecule has 4 heterocycles. The summed E-state index contributed by atoms with van der Waals surface area (Å²) in [5.74, 6) is -0.475. The van der Waals surface area contributed by atoms with E-state index in [9.17, 15) is 76.6 Å². The summed E-state index contributed by atoms with van der Waals surface area (Å²) >= 11 is 0. The van der Waals surface area contributed by atoms with E-state index in [0.717, 1.165) is 24.8 Å². The summed E-state index contributed by atoms with van der Waals surface area (Å²) in [6, 6.07) is 0. The van der Waals surface area contributed by atoms with Crippen molar-refractivity contribution in [2.24, 2.45) is 45.3 Å². The van der Waals surface area contributed by atoms with Crippen LogP contribution in [0.15, 0.2) is 11.6 Å². The Morgan fingerprint density at radius 1 is 0.545 bits per heavy atom. The molecule has 4 saturated heterocycles. The number of ether oxygens (including phenoxy) is 8. The van der Waals surface area contributed by atoms with Crippen LogP contribution in [0.5, 0.6) is 0 Å². The highest BCUT2D eigenvalue weighted by Gasteiger charge is 2.72. The van der Waals surface area contributed by atoms with Crippen molar-refractivity contribution in [3.05, 3.63) is 11.6 Å². The minimum absolute atomic E-state index is 0.0374. The molecule has 0 unspecified atom stereocenters. The Morgan fingerprint density at radius 2 is 1.05 bits per heavy atom. The lowest BCUT2D eigenvalue weighted by molar-refractivity contribution is -0.378. The van der Waals surface area contributed by atoms with Crippen LogP contribution in [0, 0.1) is 45.3 Å². The average molecular weight is 1110 g/mol. The molecule has 0 radical (unpaired) electrons. The predicted molar refractivity (Wildman–Crippen MR) is 266 cm³/mol. The van der Waals surface area contributed by atoms with Crippen molar-refractivity contribution in [2.45, 2.75) is 254 Å². The average Bonchev–Trinajstić information content (AvgIpc) is 3.96. The Balaban J connectivity index is 1.01. The molecule has 0 bridgehead atoms. The summed E-state index contributed by atoms with van der Waals surface area (Å²) in [5, 5.41) is 162. The first-order valence-electron chi connectivity index (χ1n) is 27.9. The molecule has 8 aliphatic rings. The van der Waals surface area contributed by atoms with E-state index in [0.29, 0.717) is 38.5 Å². The molecule has 4 saturated carbocycles. The minimum Gasteiger partial charge on any atom is -0.394 e. The fourth-order valence-corrected chi connectivity index (χ4v) is 16.3. The van der Waals surface area contributed by atoms with Crippen LogP contribution >= 0.6 is 0 Å². The van der Waals surface area contributed by atoms with Gasteiger partial charge >= 0.3 is 0 Å². The lowest BCUT2D eigenvalue weighted by Gasteiger charge is -2.71. The zero-order valence-electron chi connectivity index (χ0n) is 45.8. The van der Waals surface area contributed by atoms with E-state index in [2.05, 4.69) is 40.7 Å². The van der Waals surface area contributed by atoms with Crippen molar-refractivity contribution in [3.8, 4) is 0 Å². The van der Waals surface area contributed by atoms with Crippen molar-refractivity contribution < 1.29 is 114 Å². The minimum atomic E-state index is -1.82. The molecule has 23 heteroatoms. The van der Waals surface area contributed by atoms with E-state index >= 15 is 0 Å². The lowest BCUT2D eigenvalue weighted by Crippen LogP contribution is -2.68. The fraction of sp³-hybridized carbons (Fsp3) is 0.963. The van der Waals surface area contributed by atoms with Crippen LogP contribution in [0.3, 0.4) is 0 Å². The zero-order valence-corrected chi connectivity index (χ0v) is 45.8. The van der Waals surface area contributed by atoms with Gasteiger partial charge in [-0.05, 0) is 124 Å². The van der Waals surface area contributed by atoms with Gasteiger partial charge in [-0.25, -0.2) is 0 Å². The molecule has 0 spiro atoms. The van der Waals surface area contributed by atoms with Crippen LogP contribution in [0.4, 0.5) is 0 Å². The SMILES string of the molecule is CC(C)=CCC[C@](C)(O[C@@H]1O[C@H](CO[C@H]2O[C@H](CO)[C@@H](O)[C@H](O)[C@H]2O)[C@@H](O)[C@H](O)[C@H]1O)[C@H]1CC[C@]2(C)[C@@H]1[C@H](O)C[C@@H]1[C@@]3(C)CC[C@H](O[C@H]4O[C@@H](CO)[C@H](O)[C@@H](O)[C@@H]4O[C@H]4O[C@@H](CO)[C@H](O)[C@@H](O)[C@@H]4O)C(C)(C)[C@H]3CC[C@]12C. The quantitative estimate of drug-likeness (QED) is 0.0576. The van der Waals surface area contributed by atoms with Gasteiger partial charge in [0.25, 0.3) is 0 Å². The monoisotopic (exact) mass is 1110 g/mol. The van der Waals surface area contributed by atoms with Gasteiger partial charge in [0.2, 0.25) is 0 Å². The second-order valence-corrected chi connectivity index (χ2v) is 25.7. The third kappa shape index (κ3) is 10.9. The van der Waals surface area contributed by atoms with E-state index in [4.69, 9.17) is 37.9 Å². The summed E-state index contributed by atoms with van der Waals surface area (Å²) < 4.78 is 48.9. The van der Waals surface area contributed by atoms with Gasteiger partial charge in [0, 0.05) is 0 Å². The van der Waals surface area contributed by atoms with E-state index in [-0.39, 0.29) is 34.5 Å². The van der Waals surface area contributed by atoms with Gasteiger partial charge in [0.15, 0.2) is 25.2 Å². The van der Waals surface area contributed by atoms with E-state index in [1.54, 1.807) is 0 Å². The van der Waals surface area contributed by atoms with Crippen molar-refractivity contribution in [1.82, 2.24) is 0 Å². The normalized spacial score (nSPS) is 52.7. The molecule has 0 amide bonds. The maximum atomic E-state index is 12.8. The first-order valence-corrected chi connectivity index (χ1v) is 27.9. The maximum absolute atomic E-state index is 12.8. The first-order chi connectivity index (χ1) is 36.0. The maximum Gasteiger partial charge on any atom is 0.187 e. The van der Waals surface area contributed by atoms with Gasteiger partial charge in [-0.15, -0.1) is 0 Å². The van der Waals surface area contributed by atoms with E-state index in [1.165, 1.54) is 0 Å². The van der Waals surface area contributed by atoms with Crippen molar-refractivity contribution >= 4 is 0 Å². The number of hydrogen-bond acceptors (Lipinski definition) is 23. The molecule has 4 aliphatic heterocycles. The summed E-state index contributed by atoms with van der Waals surface area (Å²) in [4.78, 5) is 0. The molecule has 8 fully saturated rings. The van der Waals surface area contributed by atoms with Crippen LogP contribution < -0.4 is 0 Å². The number of aliphatic hydroxyl groups is 15. The van der Waals surface area contributed by atoms with Crippen molar-refractivity contribution in [1.29, 1.82) is 0 Å². The van der Waals surface area contributed by atoms with Crippen LogP contribution in [-0.4, -0.2) is 244 Å². The molecule has 4 aliphatic carbocycles. The second-order valence-electron chi connectivity index (χ2n) is 25.7. The highest BCUT2D eigenvalue weighted by molar-refractivity contribution is 5.20. The van der Waals surface area contributed by atoms with Crippen molar-refractivity contribution in [3.63, 3.8) is 0 Å². The van der Waals surface area contributed by atoms with Gasteiger partial charge in [0.1, 0.15) is 97.7 Å². The van der Waals surface area contributed by atoms with Gasteiger partial charge < -0.3 is 114 Å². The number of hydrogen-bond donors (Lipinski definition) is 15. The Morgan fingerprint density at radius 3 is 1.64 bits per heavy atom. The molecule has 23 nitrogen and oxygen atoms in total. The summed E-state index contributed by atoms with van der Waals surface area (Å²) in [5.41, 5.74) is -1.59. The number of rotatable bonds is 16. The molecule has 77 heavy (non-hydrogen) atoms. The molecule has 0 aromatic heterocycles. The van der Waals surface area contributed by atoms with Gasteiger partial charge in [-0.1, -0.05) is 46.3 Å². The van der Waals surface area contributed by atoms with Gasteiger partial charge in [-0.3, -0.25) is 0 Å². The topological polar surface area (TPSA) is 377 Å². The largest absolute Gasteiger partial charge is 0.394 e. The van der Waals surface area contributed by atoms with E-state index in [1.807, 2.05) is 20.8 Å². The molecule has 15 N–H and O–H groups in total. The van der Waals surface area contributed by atoms with Crippen molar-refractivity contribution in [2.75, 3.05) is 26.4 Å². The molecule has 446 valence electrons. The second kappa shape index (κ2) is 23.5. The number of aliphatic hydroxyl groups excluding tert-OH is 15. The van der Waals surface area contributed by atoms with Crippen LogP contribution in [0.2, 0.25) is 0 Å². The Hall–Kier alpha value is -1.18. The third-order valence-corrected chi connectivity index (χ3v) is 20.9. The smallest absolute Gasteiger partial charge is 0.187 e. The van der Waals surface area contributed by atoms with E-state index < -0.39 is 178 Å². The van der Waals surface area contributed by atoms with Crippen LogP contribution in [-0.2, 0) is 37.9 Å². The number of fused-ring (bicyclic) bond motifs is 5. The Bertz CT molecular complexity index is 1990. The predicted octanol–water partition coefficient (Wildman–Crippen LogP) is -2.20. The Kier molecular flexibility index (Phi) is 18.9. The van der Waals surface area contributed by atoms with Crippen LogP contribution in [0.25, 0.3) is 0 Å². The molecule has 8 rings (SSSR count). The highest BCUT2D eigenvalue weighted by Crippen LogP contribution is 2.76. The lowest BCUT2D eigenvalue weighted by atomic mass is 9.35. The summed E-state index contributed by atoms with van der Waals surface area (Å²) in [6.45, 7) is 14.6. The van der Waals surface area contributed by atoms with Gasteiger partial charge in [-0.2, -0.15) is 0 Å². The Labute approximate surface area is 450 Å². The van der Waals surface area contributed by atoms with Crippen LogP contribution in [0.1, 0.15) is 113 Å². The number of allylic oxidation sites excluding steroid dienone is 2. The first kappa shape index (κ1) is 61.9. The standard InChI is InChI=1S/C54H92O23/c1-23(2)10-9-14-54(8,77-48-44(69)40(65)37(62)29(74-48)22-70-46-42(67)38(63)34(59)26(19-55)71-46)24-11-16-53(7)33(24)25(58)18-31-51(5)15-13-32(50(3,4)30(51)12-17-52(31,53)6)75-49-45(41(66)36(61)28(21-57)73-49)76-47-43(68)39(64)35(60)27(20-56)72-47/h10,24-49,55-69H,9,11-22H2,1-8H3/t24-,25+,26+,27-,28-,29+,30+,31+,32-,33-,34+,35-,36-,37+,38-,39+,40-,41+,42+,43-,44+,45-,46-,47+,48-,49+,51-,52+,53+,54-/m0/s1. The third-order valence-electron chi connectivity index (χ3n) is 20.9. The molecular weight excluding hydrogens is 1020 g/mol. The summed E-state index contributed by atoms with van der Waals surface area (Å²) in [7, 11) is 0. The molecular formula is C54H92O23. The molecule has 0 aromatic rings. The highest BCUT2D eigenvalue weighted by atomic mass is 16.8. The zero-order chi connectivity index (χ0) is 56.6.